The molecule has 0 aliphatic heterocycles. The van der Waals surface area contributed by atoms with Crippen molar-refractivity contribution in [3.63, 3.8) is 0 Å². The summed E-state index contributed by atoms with van der Waals surface area (Å²) in [4.78, 5) is 11.4. The Morgan fingerprint density at radius 1 is 1.61 bits per heavy atom. The molecule has 1 aromatic rings. The zero-order chi connectivity index (χ0) is 13.5. The number of carbonyl (C=O) groups excluding carboxylic acids is 1. The van der Waals surface area contributed by atoms with Crippen LogP contribution in [0.25, 0.3) is 0 Å². The van der Waals surface area contributed by atoms with Crippen LogP contribution in [-0.2, 0) is 9.47 Å². The van der Waals surface area contributed by atoms with Gasteiger partial charge in [-0.3, -0.25) is 0 Å². The van der Waals surface area contributed by atoms with Crippen molar-refractivity contribution in [2.45, 2.75) is 6.43 Å². The van der Waals surface area contributed by atoms with Gasteiger partial charge in [0.25, 0.3) is 6.43 Å². The Morgan fingerprint density at radius 3 is 2.94 bits per heavy atom. The summed E-state index contributed by atoms with van der Waals surface area (Å²) >= 11 is 0.994. The average molecular weight is 281 g/mol. The summed E-state index contributed by atoms with van der Waals surface area (Å²) in [5, 5.41) is 3.26. The zero-order valence-electron chi connectivity index (χ0n) is 9.61. The lowest BCUT2D eigenvalue weighted by molar-refractivity contribution is 0.0215. The van der Waals surface area contributed by atoms with Crippen molar-refractivity contribution >= 4 is 28.3 Å². The van der Waals surface area contributed by atoms with Gasteiger partial charge in [0.05, 0.1) is 13.7 Å². The van der Waals surface area contributed by atoms with Gasteiger partial charge in [-0.05, 0) is 11.5 Å². The van der Waals surface area contributed by atoms with Gasteiger partial charge in [-0.15, -0.1) is 0 Å². The van der Waals surface area contributed by atoms with Crippen molar-refractivity contribution in [3.05, 3.63) is 5.56 Å². The molecule has 0 amide bonds. The molecule has 1 heterocycles. The molecular formula is C9H13F2N3O3S. The van der Waals surface area contributed by atoms with Crippen LogP contribution in [0.1, 0.15) is 10.4 Å². The van der Waals surface area contributed by atoms with E-state index in [2.05, 4.69) is 19.2 Å². The molecule has 1 aromatic heterocycles. The Kier molecular flexibility index (Phi) is 5.72. The predicted molar refractivity (Wildman–Crippen MR) is 63.2 cm³/mol. The molecule has 0 atom stereocenters. The number of rotatable bonds is 7. The number of anilines is 2. The van der Waals surface area contributed by atoms with Crippen molar-refractivity contribution in [3.8, 4) is 0 Å². The van der Waals surface area contributed by atoms with Crippen LogP contribution in [0.2, 0.25) is 0 Å². The summed E-state index contributed by atoms with van der Waals surface area (Å²) in [5.74, 6) is -0.528. The molecule has 0 spiro atoms. The van der Waals surface area contributed by atoms with Crippen molar-refractivity contribution in [2.75, 3.05) is 37.9 Å². The third-order valence-electron chi connectivity index (χ3n) is 1.88. The number of esters is 1. The van der Waals surface area contributed by atoms with Crippen molar-refractivity contribution in [2.24, 2.45) is 0 Å². The molecule has 0 aliphatic carbocycles. The normalized spacial score (nSPS) is 10.7. The van der Waals surface area contributed by atoms with E-state index < -0.39 is 19.0 Å². The molecule has 6 nitrogen and oxygen atoms in total. The first-order chi connectivity index (χ1) is 8.56. The second kappa shape index (κ2) is 7.07. The highest BCUT2D eigenvalue weighted by atomic mass is 32.1. The molecular weight excluding hydrogens is 268 g/mol. The Bertz CT molecular complexity index is 400. The number of nitrogens with zero attached hydrogens (tertiary/aromatic N) is 1. The van der Waals surface area contributed by atoms with Crippen LogP contribution in [0, 0.1) is 0 Å². The van der Waals surface area contributed by atoms with Gasteiger partial charge in [-0.2, -0.15) is 4.37 Å². The highest BCUT2D eigenvalue weighted by Gasteiger charge is 2.19. The number of methoxy groups -OCH3 is 1. The maximum Gasteiger partial charge on any atom is 0.344 e. The van der Waals surface area contributed by atoms with Gasteiger partial charge in [0.15, 0.2) is 5.82 Å². The van der Waals surface area contributed by atoms with E-state index in [9.17, 15) is 13.6 Å². The van der Waals surface area contributed by atoms with E-state index in [4.69, 9.17) is 5.73 Å². The quantitative estimate of drug-likeness (QED) is 0.577. The van der Waals surface area contributed by atoms with E-state index >= 15 is 0 Å². The Labute approximate surface area is 106 Å². The number of nitrogens with one attached hydrogen (secondary N) is 1. The third kappa shape index (κ3) is 4.08. The molecule has 0 fully saturated rings. The summed E-state index contributed by atoms with van der Waals surface area (Å²) in [5.41, 5.74) is 5.67. The lowest BCUT2D eigenvalue weighted by atomic mass is 10.3. The average Bonchev–Trinajstić information content (AvgIpc) is 2.69. The van der Waals surface area contributed by atoms with E-state index in [-0.39, 0.29) is 24.5 Å². The number of alkyl halides is 2. The molecule has 3 N–H and O–H groups in total. The smallest absolute Gasteiger partial charge is 0.344 e. The largest absolute Gasteiger partial charge is 0.465 e. The summed E-state index contributed by atoms with van der Waals surface area (Å²) < 4.78 is 36.6. The number of nitrogens with two attached hydrogens (primary N) is 1. The summed E-state index contributed by atoms with van der Waals surface area (Å²) in [7, 11) is 1.23. The minimum Gasteiger partial charge on any atom is -0.465 e. The fraction of sp³-hybridized carbons (Fsp3) is 0.556. The van der Waals surface area contributed by atoms with Crippen LogP contribution >= 0.6 is 11.5 Å². The van der Waals surface area contributed by atoms with Crippen molar-refractivity contribution in [1.82, 2.24) is 4.37 Å². The van der Waals surface area contributed by atoms with Gasteiger partial charge in [-0.1, -0.05) is 0 Å². The lowest BCUT2D eigenvalue weighted by Crippen LogP contribution is -2.14. The highest BCUT2D eigenvalue weighted by molar-refractivity contribution is 7.11. The minimum atomic E-state index is -2.49. The molecule has 0 saturated heterocycles. The number of hydrogen-bond donors (Lipinski definition) is 2. The highest BCUT2D eigenvalue weighted by Crippen LogP contribution is 2.27. The first-order valence-corrected chi connectivity index (χ1v) is 5.76. The maximum absolute atomic E-state index is 11.8. The van der Waals surface area contributed by atoms with Gasteiger partial charge < -0.3 is 20.5 Å². The minimum absolute atomic E-state index is 0.0721. The number of nitrogen functional groups attached to an aromatic ring is 1. The van der Waals surface area contributed by atoms with Gasteiger partial charge in [-0.25, -0.2) is 13.6 Å². The molecule has 0 unspecified atom stereocenters. The number of hydrogen-bond acceptors (Lipinski definition) is 7. The van der Waals surface area contributed by atoms with Crippen LogP contribution < -0.4 is 11.1 Å². The summed E-state index contributed by atoms with van der Waals surface area (Å²) in [6.45, 7) is -0.266. The Hall–Kier alpha value is -1.48. The first kappa shape index (κ1) is 14.6. The second-order valence-corrected chi connectivity index (χ2v) is 3.93. The van der Waals surface area contributed by atoms with Gasteiger partial charge in [0, 0.05) is 6.54 Å². The SMILES string of the molecule is COC(=O)c1c(N)nsc1NCCOCC(F)F. The van der Waals surface area contributed by atoms with Crippen LogP contribution in [0.5, 0.6) is 0 Å². The van der Waals surface area contributed by atoms with Crippen LogP contribution in [0.15, 0.2) is 0 Å². The monoisotopic (exact) mass is 281 g/mol. The van der Waals surface area contributed by atoms with Crippen LogP contribution in [0.3, 0.4) is 0 Å². The molecule has 9 heteroatoms. The Balaban J connectivity index is 2.45. The Morgan fingerprint density at radius 2 is 2.33 bits per heavy atom. The number of ether oxygens (including phenoxy) is 2. The molecule has 0 radical (unpaired) electrons. The molecule has 0 saturated carbocycles. The molecule has 0 aliphatic rings. The topological polar surface area (TPSA) is 86.5 Å². The molecule has 18 heavy (non-hydrogen) atoms. The standard InChI is InChI=1S/C9H13F2N3O3S/c1-16-9(15)6-7(12)14-18-8(6)13-2-3-17-4-5(10)11/h5,13H,2-4H2,1H3,(H2,12,14). The summed E-state index contributed by atoms with van der Waals surface area (Å²) in [6.07, 6.45) is -2.49. The van der Waals surface area contributed by atoms with Gasteiger partial charge in [0.2, 0.25) is 0 Å². The maximum atomic E-state index is 11.8. The third-order valence-corrected chi connectivity index (χ3v) is 2.70. The summed E-state index contributed by atoms with van der Waals surface area (Å²) in [6, 6.07) is 0. The van der Waals surface area contributed by atoms with Crippen molar-refractivity contribution < 1.29 is 23.0 Å². The lowest BCUT2D eigenvalue weighted by Gasteiger charge is -2.06. The van der Waals surface area contributed by atoms with Crippen LogP contribution in [0.4, 0.5) is 19.6 Å². The number of aromatic nitrogens is 1. The molecule has 1 rings (SSSR count). The van der Waals surface area contributed by atoms with Crippen LogP contribution in [-0.4, -0.2) is 43.6 Å². The molecule has 102 valence electrons. The predicted octanol–water partition coefficient (Wildman–Crippen LogP) is 1.21. The first-order valence-electron chi connectivity index (χ1n) is 4.99. The number of halogens is 2. The van der Waals surface area contributed by atoms with Gasteiger partial charge >= 0.3 is 5.97 Å². The van der Waals surface area contributed by atoms with Crippen molar-refractivity contribution in [1.29, 1.82) is 0 Å². The van der Waals surface area contributed by atoms with Gasteiger partial charge in [0.1, 0.15) is 17.2 Å². The molecule has 0 aromatic carbocycles. The number of carbonyl (C=O) groups is 1. The van der Waals surface area contributed by atoms with E-state index in [1.54, 1.807) is 0 Å². The second-order valence-electron chi connectivity index (χ2n) is 3.16. The fourth-order valence-electron chi connectivity index (χ4n) is 1.13. The zero-order valence-corrected chi connectivity index (χ0v) is 10.4. The van der Waals surface area contributed by atoms with E-state index in [0.29, 0.717) is 5.00 Å². The van der Waals surface area contributed by atoms with E-state index in [1.165, 1.54) is 7.11 Å². The fourth-order valence-corrected chi connectivity index (χ4v) is 1.86. The van der Waals surface area contributed by atoms with E-state index in [0.717, 1.165) is 11.5 Å². The molecule has 0 bridgehead atoms. The van der Waals surface area contributed by atoms with E-state index in [1.807, 2.05) is 0 Å².